The van der Waals surface area contributed by atoms with Gasteiger partial charge in [-0.1, -0.05) is 17.7 Å². The number of carbonyl (C=O) groups excluding carboxylic acids is 3. The molecule has 8 nitrogen and oxygen atoms in total. The van der Waals surface area contributed by atoms with Gasteiger partial charge >= 0.3 is 0 Å². The lowest BCUT2D eigenvalue weighted by molar-refractivity contribution is -0.116. The van der Waals surface area contributed by atoms with Gasteiger partial charge in [-0.25, -0.2) is 13.1 Å². The van der Waals surface area contributed by atoms with Crippen LogP contribution in [0.4, 0.5) is 5.69 Å². The van der Waals surface area contributed by atoms with Crippen LogP contribution in [0.15, 0.2) is 47.4 Å². The SMILES string of the molecule is Cc1ccc2c(c1)C(=O)N(CCC(=O)Nc1cccc(S(=O)(=O)NC(C)(C)C)c1)C2=O. The first-order chi connectivity index (χ1) is 14.4. The second-order valence-corrected chi connectivity index (χ2v) is 10.2. The zero-order valence-electron chi connectivity index (χ0n) is 17.9. The second kappa shape index (κ2) is 8.24. The van der Waals surface area contributed by atoms with Gasteiger partial charge in [-0.15, -0.1) is 0 Å². The van der Waals surface area contributed by atoms with Gasteiger partial charge in [0.15, 0.2) is 0 Å². The van der Waals surface area contributed by atoms with Gasteiger partial charge in [0, 0.05) is 24.2 Å². The predicted molar refractivity (Wildman–Crippen MR) is 116 cm³/mol. The van der Waals surface area contributed by atoms with Crippen molar-refractivity contribution in [1.29, 1.82) is 0 Å². The fourth-order valence-electron chi connectivity index (χ4n) is 3.25. The molecule has 0 fully saturated rings. The quantitative estimate of drug-likeness (QED) is 0.667. The molecular weight excluding hydrogens is 418 g/mol. The van der Waals surface area contributed by atoms with Gasteiger partial charge in [-0.2, -0.15) is 0 Å². The number of aryl methyl sites for hydroxylation is 1. The lowest BCUT2D eigenvalue weighted by Gasteiger charge is -2.20. The molecule has 0 saturated heterocycles. The molecule has 1 aliphatic heterocycles. The standard InChI is InChI=1S/C22H25N3O5S/c1-14-8-9-17-18(12-14)21(28)25(20(17)27)11-10-19(26)23-15-6-5-7-16(13-15)31(29,30)24-22(2,3)4/h5-9,12-13,24H,10-11H2,1-4H3,(H,23,26). The van der Waals surface area contributed by atoms with Crippen LogP contribution in [0.2, 0.25) is 0 Å². The molecule has 164 valence electrons. The Hall–Kier alpha value is -3.04. The number of amides is 3. The van der Waals surface area contributed by atoms with E-state index in [0.717, 1.165) is 10.5 Å². The number of nitrogens with one attached hydrogen (secondary N) is 2. The van der Waals surface area contributed by atoms with Gasteiger partial charge in [0.1, 0.15) is 0 Å². The van der Waals surface area contributed by atoms with E-state index < -0.39 is 33.3 Å². The third-order valence-electron chi connectivity index (χ3n) is 4.56. The van der Waals surface area contributed by atoms with Gasteiger partial charge in [-0.3, -0.25) is 19.3 Å². The first kappa shape index (κ1) is 22.6. The average molecular weight is 444 g/mol. The molecule has 1 heterocycles. The second-order valence-electron chi connectivity index (χ2n) is 8.49. The van der Waals surface area contributed by atoms with Crippen LogP contribution in [-0.4, -0.2) is 43.1 Å². The van der Waals surface area contributed by atoms with E-state index in [1.807, 2.05) is 6.92 Å². The van der Waals surface area contributed by atoms with Crippen molar-refractivity contribution in [1.82, 2.24) is 9.62 Å². The molecule has 0 saturated carbocycles. The Balaban J connectivity index is 1.65. The summed E-state index contributed by atoms with van der Waals surface area (Å²) in [5, 5.41) is 2.62. The van der Waals surface area contributed by atoms with Crippen molar-refractivity contribution < 1.29 is 22.8 Å². The molecule has 2 aromatic rings. The van der Waals surface area contributed by atoms with Gasteiger partial charge in [-0.05, 0) is 58.0 Å². The number of anilines is 1. The highest BCUT2D eigenvalue weighted by Gasteiger charge is 2.35. The maximum Gasteiger partial charge on any atom is 0.261 e. The fraction of sp³-hybridized carbons (Fsp3) is 0.318. The highest BCUT2D eigenvalue weighted by Crippen LogP contribution is 2.24. The van der Waals surface area contributed by atoms with E-state index in [-0.39, 0.29) is 17.9 Å². The molecule has 3 rings (SSSR count). The average Bonchev–Trinajstić information content (AvgIpc) is 2.88. The maximum absolute atomic E-state index is 12.5. The number of rotatable bonds is 6. The van der Waals surface area contributed by atoms with Gasteiger partial charge in [0.05, 0.1) is 16.0 Å². The van der Waals surface area contributed by atoms with Crippen LogP contribution in [0.3, 0.4) is 0 Å². The zero-order valence-corrected chi connectivity index (χ0v) is 18.7. The molecule has 3 amide bonds. The molecule has 1 aliphatic rings. The van der Waals surface area contributed by atoms with Crippen LogP contribution in [0.1, 0.15) is 53.5 Å². The van der Waals surface area contributed by atoms with Crippen molar-refractivity contribution in [3.05, 3.63) is 59.2 Å². The summed E-state index contributed by atoms with van der Waals surface area (Å²) in [5.41, 5.74) is 1.20. The Morgan fingerprint density at radius 2 is 1.68 bits per heavy atom. The number of hydrogen-bond acceptors (Lipinski definition) is 5. The minimum atomic E-state index is -3.75. The van der Waals surface area contributed by atoms with E-state index in [1.54, 1.807) is 45.0 Å². The van der Waals surface area contributed by atoms with E-state index in [0.29, 0.717) is 16.8 Å². The third-order valence-corrected chi connectivity index (χ3v) is 6.31. The highest BCUT2D eigenvalue weighted by molar-refractivity contribution is 7.89. The molecule has 0 spiro atoms. The Morgan fingerprint density at radius 1 is 1.00 bits per heavy atom. The van der Waals surface area contributed by atoms with Crippen LogP contribution in [0, 0.1) is 6.92 Å². The molecule has 0 atom stereocenters. The van der Waals surface area contributed by atoms with Crippen LogP contribution in [-0.2, 0) is 14.8 Å². The Labute approximate surface area is 181 Å². The van der Waals surface area contributed by atoms with Crippen LogP contribution in [0.25, 0.3) is 0 Å². The van der Waals surface area contributed by atoms with E-state index in [9.17, 15) is 22.8 Å². The smallest absolute Gasteiger partial charge is 0.261 e. The highest BCUT2D eigenvalue weighted by atomic mass is 32.2. The molecule has 2 aromatic carbocycles. The van der Waals surface area contributed by atoms with E-state index >= 15 is 0 Å². The minimum Gasteiger partial charge on any atom is -0.326 e. The normalized spacial score (nSPS) is 14.0. The van der Waals surface area contributed by atoms with Gasteiger partial charge in [0.2, 0.25) is 15.9 Å². The molecule has 31 heavy (non-hydrogen) atoms. The largest absolute Gasteiger partial charge is 0.326 e. The maximum atomic E-state index is 12.5. The molecule has 2 N–H and O–H groups in total. The topological polar surface area (TPSA) is 113 Å². The Kier molecular flexibility index (Phi) is 6.02. The first-order valence-corrected chi connectivity index (χ1v) is 11.3. The van der Waals surface area contributed by atoms with Crippen molar-refractivity contribution in [2.75, 3.05) is 11.9 Å². The third kappa shape index (κ3) is 5.18. The van der Waals surface area contributed by atoms with E-state index in [4.69, 9.17) is 0 Å². The molecule has 0 unspecified atom stereocenters. The van der Waals surface area contributed by atoms with E-state index in [2.05, 4.69) is 10.0 Å². The lowest BCUT2D eigenvalue weighted by atomic mass is 10.1. The van der Waals surface area contributed by atoms with Crippen molar-refractivity contribution in [3.63, 3.8) is 0 Å². The molecule has 0 radical (unpaired) electrons. The number of carbonyl (C=O) groups is 3. The number of imide groups is 1. The number of fused-ring (bicyclic) bond motifs is 1. The molecular formula is C22H25N3O5S. The van der Waals surface area contributed by atoms with Crippen molar-refractivity contribution in [2.24, 2.45) is 0 Å². The minimum absolute atomic E-state index is 0.0240. The molecule has 0 aliphatic carbocycles. The summed E-state index contributed by atoms with van der Waals surface area (Å²) in [7, 11) is -3.75. The van der Waals surface area contributed by atoms with E-state index in [1.165, 1.54) is 18.2 Å². The Morgan fingerprint density at radius 3 is 2.35 bits per heavy atom. The molecule has 9 heteroatoms. The van der Waals surface area contributed by atoms with Crippen molar-refractivity contribution in [3.8, 4) is 0 Å². The van der Waals surface area contributed by atoms with Gasteiger partial charge < -0.3 is 5.32 Å². The lowest BCUT2D eigenvalue weighted by Crippen LogP contribution is -2.40. The number of nitrogens with zero attached hydrogens (tertiary/aromatic N) is 1. The van der Waals surface area contributed by atoms with Crippen LogP contribution in [0.5, 0.6) is 0 Å². The summed E-state index contributed by atoms with van der Waals surface area (Å²) in [5.74, 6) is -1.28. The first-order valence-electron chi connectivity index (χ1n) is 9.78. The molecule has 0 bridgehead atoms. The van der Waals surface area contributed by atoms with Crippen LogP contribution >= 0.6 is 0 Å². The summed E-state index contributed by atoms with van der Waals surface area (Å²) < 4.78 is 27.5. The fourth-order valence-corrected chi connectivity index (χ4v) is 4.71. The molecule has 0 aromatic heterocycles. The zero-order chi connectivity index (χ0) is 23.0. The summed E-state index contributed by atoms with van der Waals surface area (Å²) in [6.07, 6.45) is -0.109. The Bertz CT molecular complexity index is 1170. The summed E-state index contributed by atoms with van der Waals surface area (Å²) in [6.45, 7) is 6.96. The predicted octanol–water partition coefficient (Wildman–Crippen LogP) is 2.70. The van der Waals surface area contributed by atoms with Crippen LogP contribution < -0.4 is 10.0 Å². The van der Waals surface area contributed by atoms with Crippen molar-refractivity contribution >= 4 is 33.4 Å². The summed E-state index contributed by atoms with van der Waals surface area (Å²) in [6, 6.07) is 10.9. The van der Waals surface area contributed by atoms with Crippen molar-refractivity contribution in [2.45, 2.75) is 44.6 Å². The van der Waals surface area contributed by atoms with Gasteiger partial charge in [0.25, 0.3) is 11.8 Å². The summed E-state index contributed by atoms with van der Waals surface area (Å²) >= 11 is 0. The monoisotopic (exact) mass is 443 g/mol. The number of hydrogen-bond donors (Lipinski definition) is 2. The summed E-state index contributed by atoms with van der Waals surface area (Å²) in [4.78, 5) is 38.4. The number of sulfonamides is 1. The number of benzene rings is 2.